The SMILES string of the molecule is CCC(=O)C1(O)Cc2c(O)c3c(c(O)c2C(OC2CC(NP(=O)(O)c4ccccc4)C(O)C(C)O2)C1)C(=O)c1c(OC)cccc1C3=O. The summed E-state index contributed by atoms with van der Waals surface area (Å²) in [6.45, 7) is 3.08. The summed E-state index contributed by atoms with van der Waals surface area (Å²) in [6.07, 6.45) is -5.95. The normalized spacial score (nSPS) is 27.8. The maximum Gasteiger partial charge on any atom is 0.297 e. The first-order chi connectivity index (χ1) is 22.7. The zero-order valence-electron chi connectivity index (χ0n) is 26.4. The van der Waals surface area contributed by atoms with Crippen molar-refractivity contribution in [3.8, 4) is 17.2 Å². The highest BCUT2D eigenvalue weighted by molar-refractivity contribution is 7.64. The van der Waals surface area contributed by atoms with Gasteiger partial charge in [-0.3, -0.25) is 18.9 Å². The lowest BCUT2D eigenvalue weighted by molar-refractivity contribution is -0.248. The van der Waals surface area contributed by atoms with E-state index in [0.29, 0.717) is 0 Å². The molecule has 0 aromatic heterocycles. The Balaban J connectivity index is 1.42. The molecule has 0 saturated carbocycles. The molecular weight excluding hydrogens is 645 g/mol. The molecule has 1 aliphatic heterocycles. The number of Topliss-reactive ketones (excluding diaryl/α,β-unsaturated/α-hetero) is 1. The highest BCUT2D eigenvalue weighted by Crippen LogP contribution is 2.53. The molecule has 3 aromatic carbocycles. The molecule has 7 atom stereocenters. The second kappa shape index (κ2) is 12.5. The van der Waals surface area contributed by atoms with Gasteiger partial charge in [0, 0.05) is 48.4 Å². The van der Waals surface area contributed by atoms with Crippen LogP contribution in [0.4, 0.5) is 0 Å². The molecule has 0 spiro atoms. The van der Waals surface area contributed by atoms with Crippen LogP contribution < -0.4 is 15.1 Å². The molecule has 1 heterocycles. The highest BCUT2D eigenvalue weighted by Gasteiger charge is 2.50. The van der Waals surface area contributed by atoms with Crippen LogP contribution in [0, 0.1) is 0 Å². The molecule has 7 unspecified atom stereocenters. The van der Waals surface area contributed by atoms with Crippen LogP contribution in [0.25, 0.3) is 0 Å². The van der Waals surface area contributed by atoms with E-state index in [-0.39, 0.29) is 46.1 Å². The van der Waals surface area contributed by atoms with Crippen molar-refractivity contribution >= 4 is 30.2 Å². The van der Waals surface area contributed by atoms with Gasteiger partial charge in [0.15, 0.2) is 17.9 Å². The molecular formula is C34H36NO12P. The Morgan fingerprint density at radius 1 is 1.04 bits per heavy atom. The molecule has 0 bridgehead atoms. The summed E-state index contributed by atoms with van der Waals surface area (Å²) in [6, 6.07) is 11.2. The van der Waals surface area contributed by atoms with E-state index in [9.17, 15) is 44.3 Å². The van der Waals surface area contributed by atoms with Crippen molar-refractivity contribution in [2.75, 3.05) is 7.11 Å². The molecule has 0 radical (unpaired) electrons. The first kappa shape index (κ1) is 33.9. The number of methoxy groups -OCH3 is 1. The minimum Gasteiger partial charge on any atom is -0.507 e. The van der Waals surface area contributed by atoms with Gasteiger partial charge in [-0.1, -0.05) is 37.3 Å². The molecule has 2 aliphatic carbocycles. The van der Waals surface area contributed by atoms with E-state index in [2.05, 4.69) is 5.09 Å². The number of aromatic hydroxyl groups is 2. The molecule has 254 valence electrons. The first-order valence-electron chi connectivity index (χ1n) is 15.5. The number of ketones is 3. The first-order valence-corrected chi connectivity index (χ1v) is 17.2. The van der Waals surface area contributed by atoms with Crippen LogP contribution in [0.1, 0.15) is 82.2 Å². The summed E-state index contributed by atoms with van der Waals surface area (Å²) in [4.78, 5) is 51.5. The zero-order chi connectivity index (χ0) is 34.7. The summed E-state index contributed by atoms with van der Waals surface area (Å²) in [5.41, 5.74) is -3.48. The molecule has 6 N–H and O–H groups in total. The van der Waals surface area contributed by atoms with Crippen LogP contribution in [0.5, 0.6) is 17.2 Å². The van der Waals surface area contributed by atoms with Crippen LogP contribution in [-0.2, 0) is 25.3 Å². The smallest absolute Gasteiger partial charge is 0.297 e. The largest absolute Gasteiger partial charge is 0.507 e. The molecule has 48 heavy (non-hydrogen) atoms. The lowest BCUT2D eigenvalue weighted by atomic mass is 9.71. The summed E-state index contributed by atoms with van der Waals surface area (Å²) in [5, 5.41) is 48.6. The Labute approximate surface area is 275 Å². The Hall–Kier alpha value is -3.94. The van der Waals surface area contributed by atoms with Gasteiger partial charge in [-0.25, -0.2) is 5.09 Å². The number of benzene rings is 3. The Morgan fingerprint density at radius 3 is 2.40 bits per heavy atom. The number of aliphatic hydroxyl groups is 2. The van der Waals surface area contributed by atoms with Crippen molar-refractivity contribution in [1.29, 1.82) is 0 Å². The number of phenolic OH excluding ortho intramolecular Hbond substituents is 2. The van der Waals surface area contributed by atoms with E-state index in [1.807, 2.05) is 0 Å². The van der Waals surface area contributed by atoms with Gasteiger partial charge in [-0.15, -0.1) is 0 Å². The molecule has 14 heteroatoms. The Morgan fingerprint density at radius 2 is 1.73 bits per heavy atom. The van der Waals surface area contributed by atoms with Crippen LogP contribution in [-0.4, -0.2) is 79.9 Å². The van der Waals surface area contributed by atoms with Crippen LogP contribution in [0.3, 0.4) is 0 Å². The fraction of sp³-hybridized carbons (Fsp3) is 0.382. The third-order valence-corrected chi connectivity index (χ3v) is 11.1. The van der Waals surface area contributed by atoms with Gasteiger partial charge in [-0.05, 0) is 25.1 Å². The van der Waals surface area contributed by atoms with E-state index in [4.69, 9.17) is 14.2 Å². The summed E-state index contributed by atoms with van der Waals surface area (Å²) in [5.74, 6) is -3.41. The van der Waals surface area contributed by atoms with E-state index >= 15 is 0 Å². The predicted molar refractivity (Wildman–Crippen MR) is 170 cm³/mol. The molecule has 0 amide bonds. The molecule has 13 nitrogen and oxygen atoms in total. The number of aliphatic hydroxyl groups excluding tert-OH is 1. The molecule has 3 aromatic rings. The van der Waals surface area contributed by atoms with Gasteiger partial charge in [-0.2, -0.15) is 0 Å². The lowest BCUT2D eigenvalue weighted by Crippen LogP contribution is -2.54. The maximum atomic E-state index is 13.9. The van der Waals surface area contributed by atoms with E-state index in [0.717, 1.165) is 0 Å². The Kier molecular flexibility index (Phi) is 8.84. The van der Waals surface area contributed by atoms with Gasteiger partial charge in [0.2, 0.25) is 5.78 Å². The third-order valence-electron chi connectivity index (χ3n) is 9.39. The average molecular weight is 682 g/mol. The van der Waals surface area contributed by atoms with Crippen molar-refractivity contribution in [3.63, 3.8) is 0 Å². The number of phenols is 2. The van der Waals surface area contributed by atoms with Crippen molar-refractivity contribution in [2.45, 2.75) is 75.8 Å². The fourth-order valence-corrected chi connectivity index (χ4v) is 8.39. The number of rotatable bonds is 8. The molecule has 3 aliphatic rings. The topological polar surface area (TPSA) is 209 Å². The number of carbonyl (C=O) groups is 3. The number of hydrogen-bond acceptors (Lipinski definition) is 11. The number of hydrogen-bond donors (Lipinski definition) is 6. The second-order valence-corrected chi connectivity index (χ2v) is 14.3. The summed E-state index contributed by atoms with van der Waals surface area (Å²) >= 11 is 0. The van der Waals surface area contributed by atoms with E-state index < -0.39 is 96.6 Å². The van der Waals surface area contributed by atoms with E-state index in [1.54, 1.807) is 25.1 Å². The lowest BCUT2D eigenvalue weighted by Gasteiger charge is -2.43. The van der Waals surface area contributed by atoms with Crippen LogP contribution in [0.2, 0.25) is 0 Å². The number of carbonyl (C=O) groups excluding carboxylic acids is 3. The number of ether oxygens (including phenoxy) is 3. The summed E-state index contributed by atoms with van der Waals surface area (Å²) < 4.78 is 30.7. The number of nitrogens with one attached hydrogen (secondary N) is 1. The van der Waals surface area contributed by atoms with Crippen molar-refractivity contribution in [2.24, 2.45) is 0 Å². The fourth-order valence-electron chi connectivity index (χ4n) is 6.95. The van der Waals surface area contributed by atoms with Gasteiger partial charge >= 0.3 is 0 Å². The minimum atomic E-state index is -4.17. The van der Waals surface area contributed by atoms with Crippen molar-refractivity contribution < 1.29 is 58.5 Å². The average Bonchev–Trinajstić information content (AvgIpc) is 3.06. The van der Waals surface area contributed by atoms with Gasteiger partial charge in [0.1, 0.15) is 22.8 Å². The third kappa shape index (κ3) is 5.55. The number of fused-ring (bicyclic) bond motifs is 3. The van der Waals surface area contributed by atoms with Crippen LogP contribution in [0.15, 0.2) is 48.5 Å². The van der Waals surface area contributed by atoms with Gasteiger partial charge < -0.3 is 39.5 Å². The van der Waals surface area contributed by atoms with Gasteiger partial charge in [0.25, 0.3) is 7.52 Å². The summed E-state index contributed by atoms with van der Waals surface area (Å²) in [7, 11) is -2.85. The quantitative estimate of drug-likeness (QED) is 0.117. The minimum absolute atomic E-state index is 0.0524. The predicted octanol–water partition coefficient (Wildman–Crippen LogP) is 2.56. The van der Waals surface area contributed by atoms with Crippen LogP contribution >= 0.6 is 7.52 Å². The molecule has 1 saturated heterocycles. The second-order valence-electron chi connectivity index (χ2n) is 12.3. The van der Waals surface area contributed by atoms with Crippen molar-refractivity contribution in [1.82, 2.24) is 5.09 Å². The Bertz CT molecular complexity index is 1860. The standard InChI is InChI=1S/C34H36NO12P/c1-4-23(36)34(42)14-19-26(33(41)28-27(31(19)39)30(38)18-11-8-12-21(45-3)25(18)32(28)40)22(15-34)47-24-13-20(29(37)16(2)46-24)35-48(43,44)17-9-6-5-7-10-17/h5-12,16,20,22,24,29,37,39,41-42H,4,13-15H2,1-3H3,(H2,35,43,44). The highest BCUT2D eigenvalue weighted by atomic mass is 31.2. The van der Waals surface area contributed by atoms with Gasteiger partial charge in [0.05, 0.1) is 47.4 Å². The van der Waals surface area contributed by atoms with E-state index in [1.165, 1.54) is 44.4 Å². The maximum absolute atomic E-state index is 13.9. The zero-order valence-corrected chi connectivity index (χ0v) is 27.3. The molecule has 6 rings (SSSR count). The monoisotopic (exact) mass is 681 g/mol. The van der Waals surface area contributed by atoms with Crippen molar-refractivity contribution in [3.05, 3.63) is 81.9 Å². The molecule has 1 fully saturated rings.